The number of thioether (sulfide) groups is 1. The number of benzene rings is 2. The number of carbonyl (C=O) groups is 1. The molecule has 0 unspecified atom stereocenters. The van der Waals surface area contributed by atoms with E-state index in [1.165, 1.54) is 5.56 Å². The van der Waals surface area contributed by atoms with Crippen molar-refractivity contribution >= 4 is 17.7 Å². The lowest BCUT2D eigenvalue weighted by atomic mass is 10.2. The first kappa shape index (κ1) is 15.6. The quantitative estimate of drug-likeness (QED) is 0.795. The van der Waals surface area contributed by atoms with Gasteiger partial charge in [0.2, 0.25) is 0 Å². The van der Waals surface area contributed by atoms with Gasteiger partial charge >= 0.3 is 0 Å². The Morgan fingerprint density at radius 2 is 1.76 bits per heavy atom. The van der Waals surface area contributed by atoms with Gasteiger partial charge in [-0.15, -0.1) is 11.8 Å². The number of hydrogen-bond donors (Lipinski definition) is 1. The first-order valence-electron chi connectivity index (χ1n) is 7.27. The van der Waals surface area contributed by atoms with Crippen molar-refractivity contribution in [3.05, 3.63) is 65.7 Å². The third-order valence-corrected chi connectivity index (χ3v) is 4.50. The predicted molar refractivity (Wildman–Crippen MR) is 89.7 cm³/mol. The predicted octanol–water partition coefficient (Wildman–Crippen LogP) is 4.51. The van der Waals surface area contributed by atoms with E-state index in [1.807, 2.05) is 49.4 Å². The molecule has 2 aromatic rings. The molecule has 0 saturated heterocycles. The molecule has 2 nitrogen and oxygen atoms in total. The second-order valence-corrected chi connectivity index (χ2v) is 6.07. The molecule has 1 amide bonds. The lowest BCUT2D eigenvalue weighted by Crippen LogP contribution is -2.32. The Balaban J connectivity index is 2.08. The summed E-state index contributed by atoms with van der Waals surface area (Å²) in [5, 5.41) is 3.03. The van der Waals surface area contributed by atoms with Gasteiger partial charge in [-0.25, -0.2) is 0 Å². The number of amides is 1. The van der Waals surface area contributed by atoms with Crippen molar-refractivity contribution in [3.8, 4) is 0 Å². The van der Waals surface area contributed by atoms with Gasteiger partial charge in [0.15, 0.2) is 0 Å². The topological polar surface area (TPSA) is 29.1 Å². The zero-order valence-electron chi connectivity index (χ0n) is 12.5. The van der Waals surface area contributed by atoms with Crippen molar-refractivity contribution in [1.82, 2.24) is 5.32 Å². The lowest BCUT2D eigenvalue weighted by Gasteiger charge is -2.13. The van der Waals surface area contributed by atoms with Crippen molar-refractivity contribution in [1.29, 1.82) is 0 Å². The largest absolute Gasteiger partial charge is 0.350 e. The molecule has 0 aliphatic rings. The molecule has 1 N–H and O–H groups in total. The zero-order valence-corrected chi connectivity index (χ0v) is 13.3. The highest BCUT2D eigenvalue weighted by molar-refractivity contribution is 7.98. The maximum absolute atomic E-state index is 12.3. The zero-order chi connectivity index (χ0) is 15.1. The molecule has 0 radical (unpaired) electrons. The summed E-state index contributed by atoms with van der Waals surface area (Å²) in [4.78, 5) is 13.4. The van der Waals surface area contributed by atoms with Crippen molar-refractivity contribution in [2.45, 2.75) is 37.0 Å². The Morgan fingerprint density at radius 1 is 1.10 bits per heavy atom. The Bertz CT molecular complexity index is 583. The van der Waals surface area contributed by atoms with E-state index in [2.05, 4.69) is 24.4 Å². The van der Waals surface area contributed by atoms with E-state index in [0.29, 0.717) is 0 Å². The Morgan fingerprint density at radius 3 is 2.48 bits per heavy atom. The second kappa shape index (κ2) is 7.89. The molecule has 21 heavy (non-hydrogen) atoms. The standard InChI is InChI=1S/C18H21NOS/c1-3-14(2)19-18(20)16-11-7-8-12-17(16)21-13-15-9-5-4-6-10-15/h4-12,14H,3,13H2,1-2H3,(H,19,20)/t14-/m0/s1. The maximum Gasteiger partial charge on any atom is 0.252 e. The molecule has 0 aliphatic carbocycles. The van der Waals surface area contributed by atoms with Crippen LogP contribution < -0.4 is 5.32 Å². The third-order valence-electron chi connectivity index (χ3n) is 3.36. The van der Waals surface area contributed by atoms with Crippen LogP contribution in [-0.4, -0.2) is 11.9 Å². The van der Waals surface area contributed by atoms with E-state index in [1.54, 1.807) is 11.8 Å². The molecule has 1 atom stereocenters. The molecular weight excluding hydrogens is 278 g/mol. The summed E-state index contributed by atoms with van der Waals surface area (Å²) >= 11 is 1.70. The summed E-state index contributed by atoms with van der Waals surface area (Å²) in [6, 6.07) is 18.3. The van der Waals surface area contributed by atoms with Gasteiger partial charge in [0.05, 0.1) is 5.56 Å². The van der Waals surface area contributed by atoms with Gasteiger partial charge in [-0.05, 0) is 31.0 Å². The molecular formula is C18H21NOS. The van der Waals surface area contributed by atoms with Gasteiger partial charge in [-0.1, -0.05) is 49.4 Å². The van der Waals surface area contributed by atoms with E-state index >= 15 is 0 Å². The van der Waals surface area contributed by atoms with E-state index in [0.717, 1.165) is 22.6 Å². The van der Waals surface area contributed by atoms with Gasteiger partial charge in [0.25, 0.3) is 5.91 Å². The van der Waals surface area contributed by atoms with E-state index in [4.69, 9.17) is 0 Å². The van der Waals surface area contributed by atoms with Crippen LogP contribution in [0, 0.1) is 0 Å². The van der Waals surface area contributed by atoms with Crippen LogP contribution in [0.25, 0.3) is 0 Å². The van der Waals surface area contributed by atoms with Crippen LogP contribution >= 0.6 is 11.8 Å². The number of carbonyl (C=O) groups excluding carboxylic acids is 1. The molecule has 0 aromatic heterocycles. The highest BCUT2D eigenvalue weighted by Gasteiger charge is 2.12. The minimum absolute atomic E-state index is 0.0144. The van der Waals surface area contributed by atoms with Crippen LogP contribution in [0.1, 0.15) is 36.2 Å². The van der Waals surface area contributed by atoms with Gasteiger partial charge in [-0.2, -0.15) is 0 Å². The maximum atomic E-state index is 12.3. The monoisotopic (exact) mass is 299 g/mol. The molecule has 2 aromatic carbocycles. The fourth-order valence-corrected chi connectivity index (χ4v) is 2.92. The summed E-state index contributed by atoms with van der Waals surface area (Å²) < 4.78 is 0. The Labute approximate surface area is 131 Å². The summed E-state index contributed by atoms with van der Waals surface area (Å²) in [5.41, 5.74) is 2.03. The van der Waals surface area contributed by atoms with Crippen LogP contribution in [0.15, 0.2) is 59.5 Å². The van der Waals surface area contributed by atoms with Gasteiger partial charge in [0, 0.05) is 16.7 Å². The van der Waals surface area contributed by atoms with Crippen LogP contribution in [0.5, 0.6) is 0 Å². The van der Waals surface area contributed by atoms with Crippen molar-refractivity contribution in [2.75, 3.05) is 0 Å². The number of nitrogens with one attached hydrogen (secondary N) is 1. The number of hydrogen-bond acceptors (Lipinski definition) is 2. The summed E-state index contributed by atoms with van der Waals surface area (Å²) in [6.07, 6.45) is 0.936. The molecule has 0 fully saturated rings. The van der Waals surface area contributed by atoms with Crippen molar-refractivity contribution in [3.63, 3.8) is 0 Å². The summed E-state index contributed by atoms with van der Waals surface area (Å²) in [7, 11) is 0. The highest BCUT2D eigenvalue weighted by Crippen LogP contribution is 2.26. The average Bonchev–Trinajstić information content (AvgIpc) is 2.54. The summed E-state index contributed by atoms with van der Waals surface area (Å²) in [5.74, 6) is 0.884. The number of rotatable bonds is 6. The van der Waals surface area contributed by atoms with Gasteiger partial charge in [0.1, 0.15) is 0 Å². The fraction of sp³-hybridized carbons (Fsp3) is 0.278. The molecule has 0 saturated carbocycles. The van der Waals surface area contributed by atoms with E-state index in [-0.39, 0.29) is 11.9 Å². The smallest absolute Gasteiger partial charge is 0.252 e. The van der Waals surface area contributed by atoms with Crippen LogP contribution in [0.4, 0.5) is 0 Å². The third kappa shape index (κ3) is 4.64. The molecule has 110 valence electrons. The highest BCUT2D eigenvalue weighted by atomic mass is 32.2. The van der Waals surface area contributed by atoms with Crippen molar-refractivity contribution < 1.29 is 4.79 Å². The first-order chi connectivity index (χ1) is 10.2. The van der Waals surface area contributed by atoms with E-state index in [9.17, 15) is 4.79 Å². The van der Waals surface area contributed by atoms with Crippen LogP contribution in [0.2, 0.25) is 0 Å². The van der Waals surface area contributed by atoms with Gasteiger partial charge < -0.3 is 5.32 Å². The second-order valence-electron chi connectivity index (χ2n) is 5.05. The first-order valence-corrected chi connectivity index (χ1v) is 8.26. The normalized spacial score (nSPS) is 11.9. The van der Waals surface area contributed by atoms with E-state index < -0.39 is 0 Å². The Hall–Kier alpha value is -1.74. The molecule has 3 heteroatoms. The summed E-state index contributed by atoms with van der Waals surface area (Å²) in [6.45, 7) is 4.10. The van der Waals surface area contributed by atoms with Crippen LogP contribution in [-0.2, 0) is 5.75 Å². The van der Waals surface area contributed by atoms with Gasteiger partial charge in [-0.3, -0.25) is 4.79 Å². The molecule has 2 rings (SSSR count). The SMILES string of the molecule is CC[C@H](C)NC(=O)c1ccccc1SCc1ccccc1. The fourth-order valence-electron chi connectivity index (χ4n) is 1.92. The molecule has 0 aliphatic heterocycles. The molecule has 0 bridgehead atoms. The Kier molecular flexibility index (Phi) is 5.88. The molecule has 0 heterocycles. The molecule has 0 spiro atoms. The minimum Gasteiger partial charge on any atom is -0.350 e. The van der Waals surface area contributed by atoms with Crippen molar-refractivity contribution in [2.24, 2.45) is 0 Å². The lowest BCUT2D eigenvalue weighted by molar-refractivity contribution is 0.0936. The van der Waals surface area contributed by atoms with Crippen LogP contribution in [0.3, 0.4) is 0 Å². The average molecular weight is 299 g/mol. The minimum atomic E-state index is 0.0144.